The summed E-state index contributed by atoms with van der Waals surface area (Å²) >= 11 is 0. The molecule has 0 aliphatic carbocycles. The molecule has 0 radical (unpaired) electrons. The van der Waals surface area contributed by atoms with Crippen LogP contribution in [0.5, 0.6) is 0 Å². The van der Waals surface area contributed by atoms with Gasteiger partial charge in [0.2, 0.25) is 5.91 Å². The molecule has 0 aromatic heterocycles. The highest BCUT2D eigenvalue weighted by Gasteiger charge is 2.18. The summed E-state index contributed by atoms with van der Waals surface area (Å²) in [5.41, 5.74) is 0. The third-order valence-electron chi connectivity index (χ3n) is 16.4. The monoisotopic (exact) mass is 1050 g/mol. The predicted molar refractivity (Wildman–Crippen MR) is 336 cm³/mol. The standard InChI is InChI=1S/C71H137NO3/c1-3-5-7-9-11-13-15-17-19-21-23-25-27-28-29-30-31-32-33-34-35-36-37-38-39-40-41-42-43-44-45-47-49-51-53-55-57-59-61-63-65-67-71(75)72-69(68-73)70(74)66-64-62-60-58-56-54-52-50-48-46-26-24-22-20-18-16-14-12-10-8-6-4-2/h15,17,21,23,64,66,69-70,73-74H,3-14,16,18-20,22,24-63,65,67-68H2,1-2H3,(H,72,75)/b17-15-,23-21-,66-64+. The fourth-order valence-electron chi connectivity index (χ4n) is 11.1. The first-order chi connectivity index (χ1) is 37.2. The van der Waals surface area contributed by atoms with Gasteiger partial charge in [-0.3, -0.25) is 4.79 Å². The van der Waals surface area contributed by atoms with Gasteiger partial charge in [-0.25, -0.2) is 0 Å². The lowest BCUT2D eigenvalue weighted by Crippen LogP contribution is -2.45. The number of amides is 1. The first-order valence-corrected chi connectivity index (χ1v) is 34.7. The lowest BCUT2D eigenvalue weighted by atomic mass is 10.0. The highest BCUT2D eigenvalue weighted by atomic mass is 16.3. The van der Waals surface area contributed by atoms with Crippen LogP contribution in [0.3, 0.4) is 0 Å². The first-order valence-electron chi connectivity index (χ1n) is 34.7. The molecule has 0 bridgehead atoms. The van der Waals surface area contributed by atoms with Gasteiger partial charge in [0.25, 0.3) is 0 Å². The third kappa shape index (κ3) is 63.3. The van der Waals surface area contributed by atoms with Gasteiger partial charge in [-0.15, -0.1) is 0 Å². The molecule has 0 aromatic carbocycles. The van der Waals surface area contributed by atoms with Crippen molar-refractivity contribution in [1.29, 1.82) is 0 Å². The molecule has 0 rings (SSSR count). The van der Waals surface area contributed by atoms with Gasteiger partial charge in [0.15, 0.2) is 0 Å². The molecule has 0 saturated heterocycles. The van der Waals surface area contributed by atoms with Crippen molar-refractivity contribution in [3.05, 3.63) is 36.5 Å². The van der Waals surface area contributed by atoms with E-state index in [1.807, 2.05) is 6.08 Å². The summed E-state index contributed by atoms with van der Waals surface area (Å²) in [6.07, 6.45) is 92.4. The van der Waals surface area contributed by atoms with Gasteiger partial charge >= 0.3 is 0 Å². The largest absolute Gasteiger partial charge is 0.394 e. The van der Waals surface area contributed by atoms with Crippen molar-refractivity contribution in [2.75, 3.05) is 6.61 Å². The molecule has 444 valence electrons. The number of hydrogen-bond acceptors (Lipinski definition) is 3. The Morgan fingerprint density at radius 3 is 0.800 bits per heavy atom. The van der Waals surface area contributed by atoms with Crippen molar-refractivity contribution in [2.45, 2.75) is 405 Å². The first kappa shape index (κ1) is 73.6. The summed E-state index contributed by atoms with van der Waals surface area (Å²) in [5, 5.41) is 23.3. The van der Waals surface area contributed by atoms with Gasteiger partial charge in [-0.1, -0.05) is 371 Å². The van der Waals surface area contributed by atoms with Crippen molar-refractivity contribution >= 4 is 5.91 Å². The minimum atomic E-state index is -0.838. The molecule has 4 nitrogen and oxygen atoms in total. The number of aliphatic hydroxyl groups excluding tert-OH is 2. The van der Waals surface area contributed by atoms with E-state index >= 15 is 0 Å². The van der Waals surface area contributed by atoms with E-state index in [2.05, 4.69) is 43.5 Å². The van der Waals surface area contributed by atoms with Crippen LogP contribution in [0.15, 0.2) is 36.5 Å². The summed E-state index contributed by atoms with van der Waals surface area (Å²) in [7, 11) is 0. The van der Waals surface area contributed by atoms with Gasteiger partial charge in [0.1, 0.15) is 0 Å². The predicted octanol–water partition coefficient (Wildman–Crippen LogP) is 23.5. The number of unbranched alkanes of at least 4 members (excludes halogenated alkanes) is 54. The molecule has 0 aliphatic heterocycles. The molecule has 3 N–H and O–H groups in total. The smallest absolute Gasteiger partial charge is 0.220 e. The summed E-state index contributed by atoms with van der Waals surface area (Å²) in [6, 6.07) is -0.621. The second-order valence-electron chi connectivity index (χ2n) is 24.0. The van der Waals surface area contributed by atoms with Gasteiger partial charge in [-0.05, 0) is 51.4 Å². The molecule has 75 heavy (non-hydrogen) atoms. The zero-order valence-corrected chi connectivity index (χ0v) is 51.3. The molecular weight excluding hydrogens is 915 g/mol. The van der Waals surface area contributed by atoms with Gasteiger partial charge in [0.05, 0.1) is 18.8 Å². The number of rotatable bonds is 65. The topological polar surface area (TPSA) is 69.6 Å². The van der Waals surface area contributed by atoms with Crippen molar-refractivity contribution < 1.29 is 15.0 Å². The Balaban J connectivity index is 3.38. The van der Waals surface area contributed by atoms with Crippen LogP contribution in [0.1, 0.15) is 393 Å². The second kappa shape index (κ2) is 66.9. The maximum absolute atomic E-state index is 12.5. The summed E-state index contributed by atoms with van der Waals surface area (Å²) in [5.74, 6) is -0.0550. The Hall–Kier alpha value is -1.39. The summed E-state index contributed by atoms with van der Waals surface area (Å²) in [6.45, 7) is 4.34. The van der Waals surface area contributed by atoms with Crippen LogP contribution in [0.25, 0.3) is 0 Å². The molecule has 0 aromatic rings. The molecule has 1 amide bonds. The lowest BCUT2D eigenvalue weighted by molar-refractivity contribution is -0.123. The molecule has 0 spiro atoms. The second-order valence-corrected chi connectivity index (χ2v) is 24.0. The van der Waals surface area contributed by atoms with E-state index in [9.17, 15) is 15.0 Å². The Morgan fingerprint density at radius 1 is 0.320 bits per heavy atom. The highest BCUT2D eigenvalue weighted by Crippen LogP contribution is 2.19. The van der Waals surface area contributed by atoms with E-state index in [4.69, 9.17) is 0 Å². The Labute approximate surface area is 472 Å². The van der Waals surface area contributed by atoms with E-state index in [-0.39, 0.29) is 12.5 Å². The number of nitrogens with one attached hydrogen (secondary N) is 1. The van der Waals surface area contributed by atoms with Crippen LogP contribution in [0.4, 0.5) is 0 Å². The van der Waals surface area contributed by atoms with E-state index in [0.29, 0.717) is 6.42 Å². The van der Waals surface area contributed by atoms with Crippen molar-refractivity contribution in [3.8, 4) is 0 Å². The molecule has 2 atom stereocenters. The molecule has 2 unspecified atom stereocenters. The fraction of sp³-hybridized carbons (Fsp3) is 0.901. The van der Waals surface area contributed by atoms with E-state index in [0.717, 1.165) is 32.1 Å². The third-order valence-corrected chi connectivity index (χ3v) is 16.4. The summed E-state index contributed by atoms with van der Waals surface area (Å²) in [4.78, 5) is 12.5. The maximum atomic E-state index is 12.5. The van der Waals surface area contributed by atoms with Gasteiger partial charge in [0, 0.05) is 6.42 Å². The Bertz CT molecular complexity index is 1150. The quantitative estimate of drug-likeness (QED) is 0.0420. The van der Waals surface area contributed by atoms with E-state index in [1.165, 1.54) is 340 Å². The molecule has 0 heterocycles. The number of hydrogen-bond donors (Lipinski definition) is 3. The molecule has 0 saturated carbocycles. The fourth-order valence-corrected chi connectivity index (χ4v) is 11.1. The number of aliphatic hydroxyl groups is 2. The minimum absolute atomic E-state index is 0.0550. The molecule has 0 aliphatic rings. The van der Waals surface area contributed by atoms with E-state index < -0.39 is 12.1 Å². The number of allylic oxidation sites excluding steroid dienone is 5. The van der Waals surface area contributed by atoms with Gasteiger partial charge < -0.3 is 15.5 Å². The zero-order chi connectivity index (χ0) is 54.1. The average Bonchev–Trinajstić information content (AvgIpc) is 3.41. The number of carbonyl (C=O) groups is 1. The zero-order valence-electron chi connectivity index (χ0n) is 51.3. The van der Waals surface area contributed by atoms with Crippen LogP contribution < -0.4 is 5.32 Å². The van der Waals surface area contributed by atoms with Crippen LogP contribution in [0, 0.1) is 0 Å². The minimum Gasteiger partial charge on any atom is -0.394 e. The SMILES string of the molecule is CCCCCCC/C=C\C/C=C\CCCCCCCCCCCCCCCCCCCCCCCCCCCCCCCC(=O)NC(CO)C(O)/C=C/CCCCCCCCCCCCCCCCCCCCCC. The number of carbonyl (C=O) groups excluding carboxylic acids is 1. The Kier molecular flexibility index (Phi) is 65.6. The maximum Gasteiger partial charge on any atom is 0.220 e. The van der Waals surface area contributed by atoms with Crippen molar-refractivity contribution in [1.82, 2.24) is 5.32 Å². The average molecular weight is 1050 g/mol. The van der Waals surface area contributed by atoms with Crippen molar-refractivity contribution in [2.24, 2.45) is 0 Å². The Morgan fingerprint density at radius 2 is 0.547 bits per heavy atom. The van der Waals surface area contributed by atoms with Crippen LogP contribution in [0.2, 0.25) is 0 Å². The molecular formula is C71H137NO3. The lowest BCUT2D eigenvalue weighted by Gasteiger charge is -2.20. The van der Waals surface area contributed by atoms with E-state index in [1.54, 1.807) is 6.08 Å². The van der Waals surface area contributed by atoms with Crippen LogP contribution >= 0.6 is 0 Å². The van der Waals surface area contributed by atoms with Crippen molar-refractivity contribution in [3.63, 3.8) is 0 Å². The molecule has 4 heteroatoms. The van der Waals surface area contributed by atoms with Crippen LogP contribution in [-0.2, 0) is 4.79 Å². The molecule has 0 fully saturated rings. The van der Waals surface area contributed by atoms with Gasteiger partial charge in [-0.2, -0.15) is 0 Å². The normalized spacial score (nSPS) is 12.9. The highest BCUT2D eigenvalue weighted by molar-refractivity contribution is 5.76. The van der Waals surface area contributed by atoms with Crippen LogP contribution in [-0.4, -0.2) is 34.9 Å². The summed E-state index contributed by atoms with van der Waals surface area (Å²) < 4.78 is 0.